The molecule has 1 aromatic rings. The molecule has 5 nitrogen and oxygen atoms in total. The van der Waals surface area contributed by atoms with Crippen LogP contribution in [0.1, 0.15) is 31.4 Å². The number of likely N-dealkylation sites (tertiary alicyclic amines) is 2. The van der Waals surface area contributed by atoms with E-state index < -0.39 is 0 Å². The molecule has 1 amide bonds. The van der Waals surface area contributed by atoms with E-state index in [0.717, 1.165) is 44.9 Å². The van der Waals surface area contributed by atoms with E-state index in [2.05, 4.69) is 14.8 Å². The van der Waals surface area contributed by atoms with Crippen molar-refractivity contribution in [3.8, 4) is 0 Å². The summed E-state index contributed by atoms with van der Waals surface area (Å²) in [5, 5.41) is 0. The number of piperidine rings is 1. The monoisotopic (exact) mass is 329 g/mol. The minimum atomic E-state index is 0.210. The number of carbonyl (C=O) groups excluding carboxylic acids is 1. The van der Waals surface area contributed by atoms with Gasteiger partial charge in [0, 0.05) is 37.5 Å². The SMILES string of the molecule is O=C(Cc1ccccn1)N1C[C@H]2CCCO[C@H]2[C@@H](N2CCCC2)C1. The lowest BCUT2D eigenvalue weighted by molar-refractivity contribution is -0.146. The van der Waals surface area contributed by atoms with Gasteiger partial charge in [-0.1, -0.05) is 6.07 Å². The molecule has 4 heterocycles. The van der Waals surface area contributed by atoms with E-state index in [1.54, 1.807) is 6.20 Å². The van der Waals surface area contributed by atoms with Gasteiger partial charge in [0.05, 0.1) is 18.6 Å². The molecule has 3 saturated heterocycles. The summed E-state index contributed by atoms with van der Waals surface area (Å²) in [5.74, 6) is 0.702. The highest BCUT2D eigenvalue weighted by Gasteiger charge is 2.43. The second-order valence-electron chi connectivity index (χ2n) is 7.34. The van der Waals surface area contributed by atoms with Gasteiger partial charge in [-0.2, -0.15) is 0 Å². The van der Waals surface area contributed by atoms with Crippen molar-refractivity contribution in [3.05, 3.63) is 30.1 Å². The van der Waals surface area contributed by atoms with E-state index in [1.165, 1.54) is 19.3 Å². The number of pyridine rings is 1. The molecule has 1 aromatic heterocycles. The highest BCUT2D eigenvalue weighted by Crippen LogP contribution is 2.32. The first-order valence-electron chi connectivity index (χ1n) is 9.34. The van der Waals surface area contributed by atoms with Gasteiger partial charge in [0.1, 0.15) is 0 Å². The summed E-state index contributed by atoms with van der Waals surface area (Å²) < 4.78 is 6.16. The molecular weight excluding hydrogens is 302 g/mol. The van der Waals surface area contributed by atoms with Crippen LogP contribution in [0.5, 0.6) is 0 Å². The third-order valence-electron chi connectivity index (χ3n) is 5.76. The number of amides is 1. The Morgan fingerprint density at radius 3 is 2.88 bits per heavy atom. The van der Waals surface area contributed by atoms with Crippen molar-refractivity contribution in [3.63, 3.8) is 0 Å². The summed E-state index contributed by atoms with van der Waals surface area (Å²) in [6, 6.07) is 6.15. The van der Waals surface area contributed by atoms with Crippen molar-refractivity contribution in [2.75, 3.05) is 32.8 Å². The Morgan fingerprint density at radius 2 is 2.08 bits per heavy atom. The van der Waals surface area contributed by atoms with Crippen molar-refractivity contribution in [1.29, 1.82) is 0 Å². The van der Waals surface area contributed by atoms with Crippen molar-refractivity contribution >= 4 is 5.91 Å². The summed E-state index contributed by atoms with van der Waals surface area (Å²) in [7, 11) is 0. The van der Waals surface area contributed by atoms with Gasteiger partial charge in [-0.25, -0.2) is 0 Å². The standard InChI is InChI=1S/C19H27N3O2/c23-18(12-16-7-1-2-8-20-16)22-13-15-6-5-11-24-19(15)17(14-22)21-9-3-4-10-21/h1-2,7-8,15,17,19H,3-6,9-14H2/t15-,17+,19-/m1/s1. The van der Waals surface area contributed by atoms with E-state index in [1.807, 2.05) is 18.2 Å². The Morgan fingerprint density at radius 1 is 1.21 bits per heavy atom. The molecule has 0 N–H and O–H groups in total. The average molecular weight is 329 g/mol. The van der Waals surface area contributed by atoms with Gasteiger partial charge in [0.2, 0.25) is 5.91 Å². The normalized spacial score (nSPS) is 31.0. The van der Waals surface area contributed by atoms with Crippen molar-refractivity contribution in [1.82, 2.24) is 14.8 Å². The Bertz CT molecular complexity index is 559. The highest BCUT2D eigenvalue weighted by atomic mass is 16.5. The molecule has 5 heteroatoms. The number of hydrogen-bond acceptors (Lipinski definition) is 4. The molecule has 0 radical (unpaired) electrons. The number of hydrogen-bond donors (Lipinski definition) is 0. The molecule has 0 saturated carbocycles. The molecule has 4 rings (SSSR count). The van der Waals surface area contributed by atoms with E-state index in [0.29, 0.717) is 24.5 Å². The molecule has 0 aromatic carbocycles. The van der Waals surface area contributed by atoms with Gasteiger partial charge < -0.3 is 9.64 Å². The number of carbonyl (C=O) groups is 1. The number of ether oxygens (including phenoxy) is 1. The molecule has 3 fully saturated rings. The van der Waals surface area contributed by atoms with E-state index in [4.69, 9.17) is 4.74 Å². The lowest BCUT2D eigenvalue weighted by Gasteiger charge is -2.48. The Kier molecular flexibility index (Phi) is 4.81. The van der Waals surface area contributed by atoms with Crippen LogP contribution in [0, 0.1) is 5.92 Å². The number of fused-ring (bicyclic) bond motifs is 1. The van der Waals surface area contributed by atoms with Gasteiger partial charge >= 0.3 is 0 Å². The van der Waals surface area contributed by atoms with Crippen LogP contribution < -0.4 is 0 Å². The Balaban J connectivity index is 1.48. The summed E-state index contributed by atoms with van der Waals surface area (Å²) in [6.45, 7) is 4.85. The highest BCUT2D eigenvalue weighted by molar-refractivity contribution is 5.78. The van der Waals surface area contributed by atoms with Crippen LogP contribution in [0.4, 0.5) is 0 Å². The van der Waals surface area contributed by atoms with E-state index in [-0.39, 0.29) is 5.91 Å². The molecule has 0 unspecified atom stereocenters. The van der Waals surface area contributed by atoms with Crippen LogP contribution in [0.25, 0.3) is 0 Å². The quantitative estimate of drug-likeness (QED) is 0.847. The molecule has 0 spiro atoms. The molecular formula is C19H27N3O2. The lowest BCUT2D eigenvalue weighted by Crippen LogP contribution is -2.61. The molecule has 3 aliphatic rings. The first kappa shape index (κ1) is 16.0. The topological polar surface area (TPSA) is 45.7 Å². The predicted octanol–water partition coefficient (Wildman–Crippen LogP) is 1.73. The van der Waals surface area contributed by atoms with Gasteiger partial charge in [-0.05, 0) is 50.9 Å². The second-order valence-corrected chi connectivity index (χ2v) is 7.34. The Hall–Kier alpha value is -1.46. The zero-order valence-corrected chi connectivity index (χ0v) is 14.3. The van der Waals surface area contributed by atoms with Crippen molar-refractivity contribution in [2.45, 2.75) is 44.2 Å². The zero-order valence-electron chi connectivity index (χ0n) is 14.3. The maximum atomic E-state index is 12.8. The van der Waals surface area contributed by atoms with E-state index >= 15 is 0 Å². The predicted molar refractivity (Wildman–Crippen MR) is 91.6 cm³/mol. The van der Waals surface area contributed by atoms with Crippen molar-refractivity contribution in [2.24, 2.45) is 5.92 Å². The summed E-state index contributed by atoms with van der Waals surface area (Å²) in [4.78, 5) is 21.8. The second kappa shape index (κ2) is 7.19. The average Bonchev–Trinajstić information content (AvgIpc) is 3.16. The molecule has 24 heavy (non-hydrogen) atoms. The number of rotatable bonds is 3. The smallest absolute Gasteiger partial charge is 0.228 e. The number of aromatic nitrogens is 1. The minimum Gasteiger partial charge on any atom is -0.376 e. The van der Waals surface area contributed by atoms with Crippen LogP contribution >= 0.6 is 0 Å². The minimum absolute atomic E-state index is 0.210. The van der Waals surface area contributed by atoms with E-state index in [9.17, 15) is 4.79 Å². The first-order valence-corrected chi connectivity index (χ1v) is 9.34. The van der Waals surface area contributed by atoms with Crippen LogP contribution in [-0.4, -0.2) is 65.6 Å². The maximum Gasteiger partial charge on any atom is 0.228 e. The molecule has 130 valence electrons. The van der Waals surface area contributed by atoms with Gasteiger partial charge in [-0.15, -0.1) is 0 Å². The van der Waals surface area contributed by atoms with Crippen LogP contribution in [0.3, 0.4) is 0 Å². The molecule has 3 aliphatic heterocycles. The fraction of sp³-hybridized carbons (Fsp3) is 0.684. The lowest BCUT2D eigenvalue weighted by atomic mass is 9.84. The zero-order chi connectivity index (χ0) is 16.4. The fourth-order valence-corrected chi connectivity index (χ4v) is 4.54. The van der Waals surface area contributed by atoms with Gasteiger partial charge in [0.15, 0.2) is 0 Å². The van der Waals surface area contributed by atoms with Crippen LogP contribution in [0.2, 0.25) is 0 Å². The third kappa shape index (κ3) is 3.33. The largest absolute Gasteiger partial charge is 0.376 e. The van der Waals surface area contributed by atoms with Crippen molar-refractivity contribution < 1.29 is 9.53 Å². The van der Waals surface area contributed by atoms with Gasteiger partial charge in [-0.3, -0.25) is 14.7 Å². The molecule has 0 bridgehead atoms. The maximum absolute atomic E-state index is 12.8. The fourth-order valence-electron chi connectivity index (χ4n) is 4.54. The Labute approximate surface area is 144 Å². The summed E-state index contributed by atoms with van der Waals surface area (Å²) in [5.41, 5.74) is 0.863. The number of nitrogens with zero attached hydrogens (tertiary/aromatic N) is 3. The van der Waals surface area contributed by atoms with Crippen LogP contribution in [0.15, 0.2) is 24.4 Å². The van der Waals surface area contributed by atoms with Crippen LogP contribution in [-0.2, 0) is 16.0 Å². The summed E-state index contributed by atoms with van der Waals surface area (Å²) >= 11 is 0. The third-order valence-corrected chi connectivity index (χ3v) is 5.76. The first-order chi connectivity index (χ1) is 11.8. The molecule has 0 aliphatic carbocycles. The van der Waals surface area contributed by atoms with Gasteiger partial charge in [0.25, 0.3) is 0 Å². The molecule has 3 atom stereocenters. The summed E-state index contributed by atoms with van der Waals surface area (Å²) in [6.07, 6.45) is 7.34.